The lowest BCUT2D eigenvalue weighted by Gasteiger charge is -2.19. The minimum atomic E-state index is -0.348. The summed E-state index contributed by atoms with van der Waals surface area (Å²) in [6.45, 7) is 27.4. The van der Waals surface area contributed by atoms with E-state index < -0.39 is 0 Å². The Kier molecular flexibility index (Phi) is 37.6. The first-order chi connectivity index (χ1) is 53.8. The molecular weight excluding hydrogens is 1410 g/mol. The van der Waals surface area contributed by atoms with Crippen molar-refractivity contribution < 1.29 is 36.0 Å². The number of aliphatic imine (C=N–C) groups is 1. The third-order valence-electron chi connectivity index (χ3n) is 17.0. The zero-order valence-electron chi connectivity index (χ0n) is 66.5. The molecule has 0 fully saturated rings. The largest absolute Gasteiger partial charge is 0.493 e. The molecule has 7 aromatic heterocycles. The molecule has 0 saturated heterocycles. The number of H-pyrrole nitrogens is 5. The summed E-state index contributed by atoms with van der Waals surface area (Å²) in [6, 6.07) is 36.0. The average molecular weight is 1540 g/mol. The van der Waals surface area contributed by atoms with E-state index in [0.29, 0.717) is 0 Å². The molecule has 5 aliphatic heterocycles. The first kappa shape index (κ1) is 92.8. The molecule has 7 aromatic rings. The fraction of sp³-hybridized carbons (Fsp3) is 0.323. The second-order valence-corrected chi connectivity index (χ2v) is 28.0. The van der Waals surface area contributed by atoms with Crippen molar-refractivity contribution in [3.8, 4) is 148 Å². The number of aromatic nitrogens is 9. The van der Waals surface area contributed by atoms with E-state index in [1.807, 2.05) is 30.4 Å². The maximum Gasteiger partial charge on any atom is 0.288 e. The number of nitrogens with zero attached hydrogens (tertiary/aromatic N) is 8. The van der Waals surface area contributed by atoms with Crippen molar-refractivity contribution >= 4 is 71.2 Å². The second kappa shape index (κ2) is 46.2. The van der Waals surface area contributed by atoms with Gasteiger partial charge in [-0.25, -0.2) is 0 Å². The Morgan fingerprint density at radius 1 is 0.509 bits per heavy atom. The van der Waals surface area contributed by atoms with Crippen LogP contribution in [0.2, 0.25) is 13.6 Å². The first-order valence-electron chi connectivity index (χ1n) is 35.4. The van der Waals surface area contributed by atoms with Gasteiger partial charge in [-0.1, -0.05) is 109 Å². The van der Waals surface area contributed by atoms with Crippen LogP contribution in [0.5, 0.6) is 5.75 Å². The molecule has 19 nitrogen and oxygen atoms in total. The van der Waals surface area contributed by atoms with Gasteiger partial charge in [-0.3, -0.25) is 24.9 Å². The number of fused-ring (bicyclic) bond motifs is 16. The first-order valence-corrected chi connectivity index (χ1v) is 35.4. The molecule has 12 heterocycles. The van der Waals surface area contributed by atoms with Gasteiger partial charge in [0.1, 0.15) is 5.29 Å². The molecule has 0 unspecified atom stereocenters. The van der Waals surface area contributed by atoms with Crippen LogP contribution < -0.4 is 10.6 Å². The van der Waals surface area contributed by atoms with E-state index in [0.717, 1.165) is 145 Å². The Balaban J connectivity index is -0.000000194. The van der Waals surface area contributed by atoms with Gasteiger partial charge < -0.3 is 49.6 Å². The highest BCUT2D eigenvalue weighted by Crippen LogP contribution is 2.41. The lowest BCUT2D eigenvalue weighted by Crippen LogP contribution is -2.25. The van der Waals surface area contributed by atoms with Gasteiger partial charge in [-0.05, 0) is 211 Å². The Morgan fingerprint density at radius 2 is 0.860 bits per heavy atom. The number of rotatable bonds is 7. The lowest BCUT2D eigenvalue weighted by molar-refractivity contribution is -0.0532. The number of hydrogen-bond donors (Lipinski definition) is 6. The summed E-state index contributed by atoms with van der Waals surface area (Å²) in [4.78, 5) is 50.5. The highest BCUT2D eigenvalue weighted by Gasteiger charge is 2.36. The van der Waals surface area contributed by atoms with E-state index in [2.05, 4.69) is 361 Å². The summed E-state index contributed by atoms with van der Waals surface area (Å²) in [7, 11) is 12.7. The smallest absolute Gasteiger partial charge is 0.288 e. The van der Waals surface area contributed by atoms with Gasteiger partial charge in [0, 0.05) is 234 Å². The molecule has 7 N–H and O–H groups in total. The van der Waals surface area contributed by atoms with E-state index in [9.17, 15) is 0 Å². The third-order valence-corrected chi connectivity index (χ3v) is 17.0. The molecule has 16 bridgehead atoms. The molecule has 114 heavy (non-hydrogen) atoms. The summed E-state index contributed by atoms with van der Waals surface area (Å²) in [5, 5.41) is 6.88. The van der Waals surface area contributed by atoms with Crippen LogP contribution in [-0.4, -0.2) is 101 Å². The molecule has 12 rings (SSSR count). The molecule has 0 amide bonds. The molecule has 599 valence electrons. The van der Waals surface area contributed by atoms with Gasteiger partial charge in [0.05, 0.1) is 31.9 Å². The van der Waals surface area contributed by atoms with Crippen molar-refractivity contribution in [2.45, 2.75) is 165 Å². The summed E-state index contributed by atoms with van der Waals surface area (Å²) in [5.74, 6) is 62.0. The van der Waals surface area contributed by atoms with Gasteiger partial charge in [0.25, 0.3) is 7.48 Å². The van der Waals surface area contributed by atoms with Crippen molar-refractivity contribution in [2.75, 3.05) is 28.4 Å². The molecule has 21 heteroatoms. The number of nitrogens with two attached hydrogens (primary N) is 1. The standard InChI is InChI=1S/C25H28N4O.C25H4.C24H26N4.C14H20N2O2.C2H6BO.CH3B.2CH4.H2N4O.12H2/c1-24(2)13-18-10-15-6-7-16(26-15)11-22-25(3,4)14-20(29-22)23(30-5)19-9-8-17(27-19)12-21(24)28-18;1-3-5-7-9-11-13-15-17-19-21-23-25-24-22-20-18-16-14-12-10-8-6-4-2;1-23(2)13-19-9-15-6-8-18(26-15)12-22-24(3,4)14-20(28-22)10-16-5-7-17(25-16)11-21(23)27-19;1-14(2)9-11(13(17-3)18-4)16-12(14)8-10-6-5-7-15-10;1-3-4-2;1-2;;;1-2-3-4-5;;;;;;;;;;;;/h6-12,26-27H,13-14H2,1-5H3;1H,2H3;5-12,25-26H,13-14H2,1-4H3;5-8,13,15H,9H2,1-4H3;1-2H3;1H3;2*1H4;(H2,1,3,5);12*1H/b;;;12-8-;;;;;;;;;;;;;;;;;. The molecule has 0 spiro atoms. The Hall–Kier alpha value is -13.5. The minimum Gasteiger partial charge on any atom is -0.493 e. The van der Waals surface area contributed by atoms with Crippen molar-refractivity contribution in [3.05, 3.63) is 171 Å². The van der Waals surface area contributed by atoms with Gasteiger partial charge in [-0.15, -0.1) is 11.3 Å². The molecule has 3 radical (unpaired) electrons. The molecule has 0 aliphatic carbocycles. The number of aromatic amines is 5. The monoisotopic (exact) mass is 1540 g/mol. The topological polar surface area (TPSA) is 260 Å². The summed E-state index contributed by atoms with van der Waals surface area (Å²) in [5.41, 5.74) is 20.2. The van der Waals surface area contributed by atoms with E-state index in [-0.39, 0.29) is 65.3 Å². The molecule has 0 aromatic carbocycles. The van der Waals surface area contributed by atoms with Gasteiger partial charge >= 0.3 is 0 Å². The quantitative estimate of drug-likeness (QED) is 0.0167. The zero-order valence-corrected chi connectivity index (χ0v) is 66.5. The number of hydrogen-bond acceptors (Lipinski definition) is 11. The second-order valence-electron chi connectivity index (χ2n) is 28.0. The van der Waals surface area contributed by atoms with Crippen molar-refractivity contribution in [3.63, 3.8) is 0 Å². The summed E-state index contributed by atoms with van der Waals surface area (Å²) in [6.07, 6.45) is 13.0. The maximum atomic E-state index is 8.81. The van der Waals surface area contributed by atoms with Crippen LogP contribution in [-0.2, 0) is 61.5 Å². The lowest BCUT2D eigenvalue weighted by atomic mass is 9.86. The number of terminal acetylenes is 1. The Bertz CT molecular complexity index is 5750. The third kappa shape index (κ3) is 29.0. The molecular formula is C93H121B2N14O5. The van der Waals surface area contributed by atoms with E-state index in [1.165, 1.54) is 6.82 Å². The van der Waals surface area contributed by atoms with E-state index in [4.69, 9.17) is 45.5 Å². The van der Waals surface area contributed by atoms with Crippen LogP contribution in [0.25, 0.3) is 50.2 Å². The van der Waals surface area contributed by atoms with Gasteiger partial charge in [-0.2, -0.15) is 0 Å². The number of ether oxygens (including phenoxy) is 3. The Morgan fingerprint density at radius 3 is 1.18 bits per heavy atom. The zero-order chi connectivity index (χ0) is 81.6. The van der Waals surface area contributed by atoms with Crippen molar-refractivity contribution in [1.29, 1.82) is 0 Å². The Labute approximate surface area is 693 Å². The fourth-order valence-corrected chi connectivity index (χ4v) is 11.7. The normalized spacial score (nSPS) is 13.6. The minimum absolute atomic E-state index is 0. The van der Waals surface area contributed by atoms with Crippen LogP contribution in [0, 0.1) is 153 Å². The van der Waals surface area contributed by atoms with Crippen LogP contribution in [0.15, 0.2) is 136 Å². The predicted molar refractivity (Wildman–Crippen MR) is 492 cm³/mol. The van der Waals surface area contributed by atoms with Crippen LogP contribution in [0.1, 0.15) is 166 Å². The molecule has 5 aliphatic rings. The summed E-state index contributed by atoms with van der Waals surface area (Å²) >= 11 is 0. The number of allylic oxidation sites excluding steroid dienone is 1. The average Bonchev–Trinajstić information content (AvgIpc) is 1.64. The van der Waals surface area contributed by atoms with E-state index in [1.54, 1.807) is 42.8 Å². The predicted octanol–water partition coefficient (Wildman–Crippen LogP) is 19.0. The van der Waals surface area contributed by atoms with E-state index >= 15 is 0 Å². The molecule has 0 saturated carbocycles. The molecule has 0 atom stereocenters. The van der Waals surface area contributed by atoms with Crippen LogP contribution in [0.4, 0.5) is 0 Å². The van der Waals surface area contributed by atoms with Crippen LogP contribution in [0.3, 0.4) is 0 Å². The summed E-state index contributed by atoms with van der Waals surface area (Å²) < 4.78 is 20.8. The van der Waals surface area contributed by atoms with Gasteiger partial charge in [0.2, 0.25) is 0 Å². The number of nitrogens with one attached hydrogen (secondary N) is 5. The highest BCUT2D eigenvalue weighted by atomic mass is 16.7. The fourth-order valence-electron chi connectivity index (χ4n) is 11.7. The SMILES string of the molecule is C.C.C#CC#CC#CC#CC#CC#CC#CC#CC#CC#CC#CC#CC.CC1(C)Cc2cc3ccc(cc4nc(cc5ccc(cc1n2)[nH]5)CC4(C)C)[nH]3.COC(OC)C1=N/C(=C\c2ccc[nH]2)C(C)(C)C1.COc1c2nc(cc3ccc(cc4nc(cc5ccc1[nH]5)C(C)(C)C4)[nH]3)C(C)(C)C2.C[B]OC.NN=NN=O.[B]C.[HH].[HH].[HH].[HH].[HH].[HH].[HH].[HH].[HH].[HH].[HH].[HH]. The van der Waals surface area contributed by atoms with Crippen LogP contribution >= 0.6 is 0 Å². The van der Waals surface area contributed by atoms with Gasteiger partial charge in [0.15, 0.2) is 12.0 Å². The van der Waals surface area contributed by atoms with Crippen molar-refractivity contribution in [1.82, 2.24) is 44.9 Å². The highest BCUT2D eigenvalue weighted by molar-refractivity contribution is 6.24. The maximum absolute atomic E-state index is 8.81. The number of methoxy groups -OCH3 is 3. The van der Waals surface area contributed by atoms with Crippen molar-refractivity contribution in [2.24, 2.45) is 32.0 Å². The number of nitroso groups, excluding NO2 is 1.